The molecule has 0 saturated carbocycles. The van der Waals surface area contributed by atoms with E-state index in [1.165, 1.54) is 6.92 Å². The SMILES string of the molecule is C[C@@H](NS(=O)(=O)c1ccc(F)cc1)C(=O)NCCCO. The third-order valence-electron chi connectivity index (χ3n) is 2.48. The van der Waals surface area contributed by atoms with E-state index in [0.717, 1.165) is 24.3 Å². The van der Waals surface area contributed by atoms with Gasteiger partial charge in [0, 0.05) is 13.2 Å². The molecule has 112 valence electrons. The van der Waals surface area contributed by atoms with Crippen molar-refractivity contribution in [3.8, 4) is 0 Å². The standard InChI is InChI=1S/C12H17FN2O4S/c1-9(12(17)14-7-2-8-16)15-20(18,19)11-5-3-10(13)4-6-11/h3-6,9,15-16H,2,7-8H2,1H3,(H,14,17)/t9-/m1/s1. The number of carbonyl (C=O) groups excluding carboxylic acids is 1. The molecular weight excluding hydrogens is 287 g/mol. The summed E-state index contributed by atoms with van der Waals surface area (Å²) < 4.78 is 38.8. The lowest BCUT2D eigenvalue weighted by Crippen LogP contribution is -2.45. The van der Waals surface area contributed by atoms with Crippen molar-refractivity contribution < 1.29 is 22.7 Å². The van der Waals surface area contributed by atoms with E-state index in [1.54, 1.807) is 0 Å². The number of aliphatic hydroxyl groups excluding tert-OH is 1. The summed E-state index contributed by atoms with van der Waals surface area (Å²) in [5, 5.41) is 11.1. The first-order valence-corrected chi connectivity index (χ1v) is 7.51. The van der Waals surface area contributed by atoms with Crippen LogP contribution < -0.4 is 10.0 Å². The maximum absolute atomic E-state index is 12.7. The lowest BCUT2D eigenvalue weighted by atomic mass is 10.3. The lowest BCUT2D eigenvalue weighted by molar-refractivity contribution is -0.122. The molecule has 1 aromatic carbocycles. The van der Waals surface area contributed by atoms with Crippen LogP contribution >= 0.6 is 0 Å². The fraction of sp³-hybridized carbons (Fsp3) is 0.417. The molecule has 0 aliphatic heterocycles. The zero-order valence-electron chi connectivity index (χ0n) is 11.0. The highest BCUT2D eigenvalue weighted by molar-refractivity contribution is 7.89. The summed E-state index contributed by atoms with van der Waals surface area (Å²) in [6.45, 7) is 1.60. The van der Waals surface area contributed by atoms with Crippen molar-refractivity contribution in [1.82, 2.24) is 10.0 Å². The molecule has 0 saturated heterocycles. The average Bonchev–Trinajstić information content (AvgIpc) is 2.38. The van der Waals surface area contributed by atoms with Gasteiger partial charge >= 0.3 is 0 Å². The van der Waals surface area contributed by atoms with Gasteiger partial charge < -0.3 is 10.4 Å². The van der Waals surface area contributed by atoms with E-state index in [-0.39, 0.29) is 18.0 Å². The van der Waals surface area contributed by atoms with Crippen LogP contribution in [0.4, 0.5) is 4.39 Å². The predicted octanol–water partition coefficient (Wildman–Crippen LogP) is -0.00890. The third-order valence-corrected chi connectivity index (χ3v) is 4.04. The predicted molar refractivity (Wildman–Crippen MR) is 70.9 cm³/mol. The highest BCUT2D eigenvalue weighted by Crippen LogP contribution is 2.10. The van der Waals surface area contributed by atoms with E-state index < -0.39 is 27.8 Å². The van der Waals surface area contributed by atoms with Crippen molar-refractivity contribution in [1.29, 1.82) is 0 Å². The number of halogens is 1. The normalized spacial score (nSPS) is 12.9. The average molecular weight is 304 g/mol. The number of carbonyl (C=O) groups is 1. The molecule has 8 heteroatoms. The number of hydrogen-bond donors (Lipinski definition) is 3. The largest absolute Gasteiger partial charge is 0.396 e. The molecule has 1 atom stereocenters. The van der Waals surface area contributed by atoms with Crippen molar-refractivity contribution in [2.75, 3.05) is 13.2 Å². The molecule has 0 aliphatic rings. The number of amides is 1. The molecular formula is C12H17FN2O4S. The summed E-state index contributed by atoms with van der Waals surface area (Å²) in [5.41, 5.74) is 0. The van der Waals surface area contributed by atoms with Gasteiger partial charge in [-0.3, -0.25) is 4.79 Å². The molecule has 3 N–H and O–H groups in total. The van der Waals surface area contributed by atoms with Crippen molar-refractivity contribution in [3.63, 3.8) is 0 Å². The van der Waals surface area contributed by atoms with E-state index in [4.69, 9.17) is 5.11 Å². The Bertz CT molecular complexity index is 545. The Kier molecular flexibility index (Phi) is 6.05. The van der Waals surface area contributed by atoms with Crippen molar-refractivity contribution >= 4 is 15.9 Å². The molecule has 0 aliphatic carbocycles. The summed E-state index contributed by atoms with van der Waals surface area (Å²) in [7, 11) is -3.88. The summed E-state index contributed by atoms with van der Waals surface area (Å²) in [5.74, 6) is -1.04. The summed E-state index contributed by atoms with van der Waals surface area (Å²) >= 11 is 0. The Labute approximate surface area is 117 Å². The van der Waals surface area contributed by atoms with Gasteiger partial charge in [0.25, 0.3) is 0 Å². The van der Waals surface area contributed by atoms with E-state index in [2.05, 4.69) is 10.0 Å². The van der Waals surface area contributed by atoms with Crippen molar-refractivity contribution in [3.05, 3.63) is 30.1 Å². The van der Waals surface area contributed by atoms with Gasteiger partial charge in [-0.15, -0.1) is 0 Å². The molecule has 20 heavy (non-hydrogen) atoms. The van der Waals surface area contributed by atoms with Crippen molar-refractivity contribution in [2.45, 2.75) is 24.3 Å². The Morgan fingerprint density at radius 3 is 2.50 bits per heavy atom. The molecule has 0 bridgehead atoms. The summed E-state index contributed by atoms with van der Waals surface area (Å²) in [6, 6.07) is 3.33. The highest BCUT2D eigenvalue weighted by atomic mass is 32.2. The molecule has 0 fully saturated rings. The van der Waals surface area contributed by atoms with E-state index in [0.29, 0.717) is 6.42 Å². The monoisotopic (exact) mass is 304 g/mol. The maximum atomic E-state index is 12.7. The second-order valence-electron chi connectivity index (χ2n) is 4.17. The van der Waals surface area contributed by atoms with Crippen LogP contribution in [0.3, 0.4) is 0 Å². The van der Waals surface area contributed by atoms with Crippen LogP contribution in [0.2, 0.25) is 0 Å². The third kappa shape index (κ3) is 4.87. The van der Waals surface area contributed by atoms with Gasteiger partial charge in [0.05, 0.1) is 10.9 Å². The zero-order valence-corrected chi connectivity index (χ0v) is 11.8. The minimum absolute atomic E-state index is 0.0596. The van der Waals surface area contributed by atoms with Gasteiger partial charge in [0.1, 0.15) is 5.82 Å². The molecule has 1 amide bonds. The van der Waals surface area contributed by atoms with Crippen LogP contribution in [0.5, 0.6) is 0 Å². The number of hydrogen-bond acceptors (Lipinski definition) is 4. The molecule has 1 aromatic rings. The molecule has 0 radical (unpaired) electrons. The minimum Gasteiger partial charge on any atom is -0.396 e. The van der Waals surface area contributed by atoms with Crippen molar-refractivity contribution in [2.24, 2.45) is 0 Å². The van der Waals surface area contributed by atoms with Gasteiger partial charge in [-0.25, -0.2) is 12.8 Å². The van der Waals surface area contributed by atoms with E-state index in [1.807, 2.05) is 0 Å². The molecule has 0 spiro atoms. The highest BCUT2D eigenvalue weighted by Gasteiger charge is 2.21. The minimum atomic E-state index is -3.88. The quantitative estimate of drug-likeness (QED) is 0.617. The van der Waals surface area contributed by atoms with Gasteiger partial charge in [-0.1, -0.05) is 0 Å². The first-order valence-electron chi connectivity index (χ1n) is 6.03. The van der Waals surface area contributed by atoms with Gasteiger partial charge in [-0.2, -0.15) is 4.72 Å². The topological polar surface area (TPSA) is 95.5 Å². The fourth-order valence-electron chi connectivity index (χ4n) is 1.41. The smallest absolute Gasteiger partial charge is 0.241 e. The Balaban J connectivity index is 2.66. The second-order valence-corrected chi connectivity index (χ2v) is 5.88. The van der Waals surface area contributed by atoms with E-state index >= 15 is 0 Å². The van der Waals surface area contributed by atoms with Gasteiger partial charge in [0.2, 0.25) is 15.9 Å². The first-order chi connectivity index (χ1) is 9.36. The first kappa shape index (κ1) is 16.5. The number of rotatable bonds is 7. The van der Waals surface area contributed by atoms with Crippen LogP contribution in [0.1, 0.15) is 13.3 Å². The molecule has 0 aromatic heterocycles. The van der Waals surface area contributed by atoms with Crippen LogP contribution in [-0.2, 0) is 14.8 Å². The fourth-order valence-corrected chi connectivity index (χ4v) is 2.61. The Hall–Kier alpha value is -1.51. The molecule has 0 heterocycles. The molecule has 6 nitrogen and oxygen atoms in total. The lowest BCUT2D eigenvalue weighted by Gasteiger charge is -2.14. The molecule has 0 unspecified atom stereocenters. The second kappa shape index (κ2) is 7.32. The number of benzene rings is 1. The summed E-state index contributed by atoms with van der Waals surface area (Å²) in [6.07, 6.45) is 0.392. The number of aliphatic hydroxyl groups is 1. The van der Waals surface area contributed by atoms with E-state index in [9.17, 15) is 17.6 Å². The number of sulfonamides is 1. The number of nitrogens with one attached hydrogen (secondary N) is 2. The maximum Gasteiger partial charge on any atom is 0.241 e. The van der Waals surface area contributed by atoms with Crippen LogP contribution in [0.15, 0.2) is 29.2 Å². The van der Waals surface area contributed by atoms with Crippen LogP contribution in [0.25, 0.3) is 0 Å². The van der Waals surface area contributed by atoms with Crippen LogP contribution in [0, 0.1) is 5.82 Å². The van der Waals surface area contributed by atoms with Crippen LogP contribution in [-0.4, -0.2) is 38.6 Å². The van der Waals surface area contributed by atoms with Gasteiger partial charge in [-0.05, 0) is 37.6 Å². The molecule has 1 rings (SSSR count). The Morgan fingerprint density at radius 2 is 1.95 bits per heavy atom. The van der Waals surface area contributed by atoms with Gasteiger partial charge in [0.15, 0.2) is 0 Å². The Morgan fingerprint density at radius 1 is 1.35 bits per heavy atom. The summed E-state index contributed by atoms with van der Waals surface area (Å²) in [4.78, 5) is 11.5. The zero-order chi connectivity index (χ0) is 15.2.